The quantitative estimate of drug-likeness (QED) is 0.695. The molecule has 0 saturated heterocycles. The largest absolute Gasteiger partial charge is 0.397 e. The number of amides is 2. The van der Waals surface area contributed by atoms with Crippen LogP contribution in [0.4, 0.5) is 25.0 Å². The molecule has 17 heavy (non-hydrogen) atoms. The second-order valence-corrected chi connectivity index (χ2v) is 4.05. The van der Waals surface area contributed by atoms with E-state index in [1.54, 1.807) is 0 Å². The Hall–Kier alpha value is -1.85. The van der Waals surface area contributed by atoms with E-state index in [1.807, 2.05) is 0 Å². The molecular weight excluding hydrogens is 228 g/mol. The van der Waals surface area contributed by atoms with Gasteiger partial charge in [0.2, 0.25) is 0 Å². The van der Waals surface area contributed by atoms with Crippen molar-refractivity contribution in [2.24, 2.45) is 0 Å². The summed E-state index contributed by atoms with van der Waals surface area (Å²) in [4.78, 5) is 11.5. The molecule has 0 atom stereocenters. The Kier molecular flexibility index (Phi) is 3.12. The molecule has 2 rings (SSSR count). The highest BCUT2D eigenvalue weighted by atomic mass is 19.2. The first-order valence-corrected chi connectivity index (χ1v) is 5.39. The van der Waals surface area contributed by atoms with Gasteiger partial charge in [-0.1, -0.05) is 0 Å². The Morgan fingerprint density at radius 2 is 2.06 bits per heavy atom. The van der Waals surface area contributed by atoms with Gasteiger partial charge in [-0.3, -0.25) is 0 Å². The Morgan fingerprint density at radius 1 is 1.35 bits per heavy atom. The summed E-state index contributed by atoms with van der Waals surface area (Å²) in [7, 11) is 0. The van der Waals surface area contributed by atoms with Crippen molar-refractivity contribution in [1.82, 2.24) is 5.32 Å². The van der Waals surface area contributed by atoms with Crippen LogP contribution in [0.1, 0.15) is 19.3 Å². The summed E-state index contributed by atoms with van der Waals surface area (Å²) in [5.74, 6) is -2.19. The summed E-state index contributed by atoms with van der Waals surface area (Å²) in [6.07, 6.45) is 2.89. The van der Waals surface area contributed by atoms with E-state index < -0.39 is 17.7 Å². The summed E-state index contributed by atoms with van der Waals surface area (Å²) in [5, 5.41) is 4.87. The van der Waals surface area contributed by atoms with Crippen molar-refractivity contribution in [1.29, 1.82) is 0 Å². The van der Waals surface area contributed by atoms with Gasteiger partial charge in [-0.25, -0.2) is 13.6 Å². The molecule has 0 aromatic heterocycles. The molecule has 1 aromatic carbocycles. The summed E-state index contributed by atoms with van der Waals surface area (Å²) in [6, 6.07) is 1.68. The van der Waals surface area contributed by atoms with E-state index in [-0.39, 0.29) is 17.4 Å². The van der Waals surface area contributed by atoms with Crippen LogP contribution in [0.2, 0.25) is 0 Å². The molecule has 1 aromatic rings. The van der Waals surface area contributed by atoms with Crippen LogP contribution in [0.3, 0.4) is 0 Å². The number of nitrogen functional groups attached to an aromatic ring is 1. The van der Waals surface area contributed by atoms with E-state index in [2.05, 4.69) is 10.6 Å². The molecule has 2 amide bonds. The summed E-state index contributed by atoms with van der Waals surface area (Å²) in [5.41, 5.74) is 5.14. The van der Waals surface area contributed by atoms with E-state index in [9.17, 15) is 13.6 Å². The molecule has 4 N–H and O–H groups in total. The van der Waals surface area contributed by atoms with E-state index in [4.69, 9.17) is 5.73 Å². The Morgan fingerprint density at radius 3 is 2.65 bits per heavy atom. The van der Waals surface area contributed by atoms with E-state index in [0.29, 0.717) is 0 Å². The molecule has 4 nitrogen and oxygen atoms in total. The van der Waals surface area contributed by atoms with Gasteiger partial charge in [0.25, 0.3) is 0 Å². The number of rotatable bonds is 2. The third kappa shape index (κ3) is 2.46. The maximum atomic E-state index is 13.4. The lowest BCUT2D eigenvalue weighted by Gasteiger charge is -2.26. The summed E-state index contributed by atoms with van der Waals surface area (Å²) >= 11 is 0. The number of hydrogen-bond acceptors (Lipinski definition) is 2. The van der Waals surface area contributed by atoms with Gasteiger partial charge >= 0.3 is 6.03 Å². The van der Waals surface area contributed by atoms with Crippen molar-refractivity contribution in [3.8, 4) is 0 Å². The van der Waals surface area contributed by atoms with Crippen molar-refractivity contribution >= 4 is 17.4 Å². The van der Waals surface area contributed by atoms with Crippen molar-refractivity contribution in [2.45, 2.75) is 25.3 Å². The first-order valence-electron chi connectivity index (χ1n) is 5.39. The number of nitrogens with two attached hydrogens (primary N) is 1. The molecule has 1 aliphatic carbocycles. The lowest BCUT2D eigenvalue weighted by atomic mass is 9.93. The maximum Gasteiger partial charge on any atom is 0.319 e. The van der Waals surface area contributed by atoms with Crippen molar-refractivity contribution in [2.75, 3.05) is 11.1 Å². The van der Waals surface area contributed by atoms with Gasteiger partial charge in [-0.2, -0.15) is 0 Å². The van der Waals surface area contributed by atoms with Gasteiger partial charge in [0.15, 0.2) is 11.6 Å². The predicted octanol–water partition coefficient (Wildman–Crippen LogP) is 2.22. The molecule has 6 heteroatoms. The topological polar surface area (TPSA) is 67.1 Å². The van der Waals surface area contributed by atoms with Crippen molar-refractivity contribution < 1.29 is 13.6 Å². The molecule has 0 heterocycles. The fourth-order valence-corrected chi connectivity index (χ4v) is 1.58. The lowest BCUT2D eigenvalue weighted by molar-refractivity contribution is 0.240. The fourth-order valence-electron chi connectivity index (χ4n) is 1.58. The van der Waals surface area contributed by atoms with Crippen LogP contribution in [0, 0.1) is 11.6 Å². The second-order valence-electron chi connectivity index (χ2n) is 4.05. The van der Waals surface area contributed by atoms with E-state index >= 15 is 0 Å². The second kappa shape index (κ2) is 4.57. The van der Waals surface area contributed by atoms with Gasteiger partial charge in [-0.05, 0) is 31.4 Å². The Balaban J connectivity index is 2.06. The van der Waals surface area contributed by atoms with Gasteiger partial charge in [-0.15, -0.1) is 0 Å². The van der Waals surface area contributed by atoms with Crippen molar-refractivity contribution in [3.05, 3.63) is 23.8 Å². The number of carbonyl (C=O) groups excluding carboxylic acids is 1. The molecular formula is C11H13F2N3O. The number of nitrogens with one attached hydrogen (secondary N) is 2. The van der Waals surface area contributed by atoms with Gasteiger partial charge < -0.3 is 16.4 Å². The molecule has 1 saturated carbocycles. The number of benzene rings is 1. The first-order chi connectivity index (χ1) is 8.08. The minimum atomic E-state index is -1.14. The number of halogens is 2. The highest BCUT2D eigenvalue weighted by molar-refractivity contribution is 5.93. The zero-order valence-corrected chi connectivity index (χ0v) is 9.09. The molecule has 0 aliphatic heterocycles. The minimum absolute atomic E-state index is 0.00680. The SMILES string of the molecule is Nc1ccc(F)c(F)c1NC(=O)NC1CCC1. The van der Waals surface area contributed by atoms with Crippen LogP contribution in [-0.2, 0) is 0 Å². The predicted molar refractivity (Wildman–Crippen MR) is 60.6 cm³/mol. The standard InChI is InChI=1S/C11H13F2N3O/c12-7-4-5-8(14)10(9(7)13)16-11(17)15-6-2-1-3-6/h4-6H,1-3,14H2,(H2,15,16,17). The number of urea groups is 1. The van der Waals surface area contributed by atoms with Crippen LogP contribution in [0.25, 0.3) is 0 Å². The normalized spacial score (nSPS) is 15.2. The van der Waals surface area contributed by atoms with Crippen LogP contribution in [0.5, 0.6) is 0 Å². The monoisotopic (exact) mass is 241 g/mol. The zero-order chi connectivity index (χ0) is 12.4. The molecule has 0 radical (unpaired) electrons. The smallest absolute Gasteiger partial charge is 0.319 e. The maximum absolute atomic E-state index is 13.4. The van der Waals surface area contributed by atoms with Gasteiger partial charge in [0.05, 0.1) is 5.69 Å². The van der Waals surface area contributed by atoms with Crippen LogP contribution >= 0.6 is 0 Å². The van der Waals surface area contributed by atoms with Gasteiger partial charge in [0, 0.05) is 6.04 Å². The third-order valence-corrected chi connectivity index (χ3v) is 2.81. The molecule has 92 valence electrons. The van der Waals surface area contributed by atoms with E-state index in [1.165, 1.54) is 6.07 Å². The molecule has 1 aliphatic rings. The number of anilines is 2. The fraction of sp³-hybridized carbons (Fsp3) is 0.364. The summed E-state index contributed by atoms with van der Waals surface area (Å²) < 4.78 is 26.3. The highest BCUT2D eigenvalue weighted by Gasteiger charge is 2.21. The minimum Gasteiger partial charge on any atom is -0.397 e. The highest BCUT2D eigenvalue weighted by Crippen LogP contribution is 2.25. The third-order valence-electron chi connectivity index (χ3n) is 2.81. The van der Waals surface area contributed by atoms with E-state index in [0.717, 1.165) is 25.3 Å². The zero-order valence-electron chi connectivity index (χ0n) is 9.09. The van der Waals surface area contributed by atoms with Crippen molar-refractivity contribution in [3.63, 3.8) is 0 Å². The Labute approximate surface area is 97.2 Å². The molecule has 0 spiro atoms. The first kappa shape index (κ1) is 11.6. The molecule has 1 fully saturated rings. The average molecular weight is 241 g/mol. The van der Waals surface area contributed by atoms with Crippen LogP contribution in [0.15, 0.2) is 12.1 Å². The van der Waals surface area contributed by atoms with Gasteiger partial charge in [0.1, 0.15) is 5.69 Å². The molecule has 0 bridgehead atoms. The molecule has 0 unspecified atom stereocenters. The van der Waals surface area contributed by atoms with Crippen LogP contribution in [-0.4, -0.2) is 12.1 Å². The average Bonchev–Trinajstić information content (AvgIpc) is 2.24. The van der Waals surface area contributed by atoms with Crippen LogP contribution < -0.4 is 16.4 Å². The summed E-state index contributed by atoms with van der Waals surface area (Å²) in [6.45, 7) is 0. The number of hydrogen-bond donors (Lipinski definition) is 3. The Bertz CT molecular complexity index is 447. The lowest BCUT2D eigenvalue weighted by Crippen LogP contribution is -2.42. The number of carbonyl (C=O) groups is 1.